The topological polar surface area (TPSA) is 45.2 Å². The van der Waals surface area contributed by atoms with E-state index in [0.717, 1.165) is 24.4 Å². The SMILES string of the molecule is CCC1CCC(N(C)C(=O)c2cc(NC)ccn2)CC1. The van der Waals surface area contributed by atoms with Crippen molar-refractivity contribution in [3.8, 4) is 0 Å². The lowest BCUT2D eigenvalue weighted by Crippen LogP contribution is -2.39. The molecule has 110 valence electrons. The van der Waals surface area contributed by atoms with E-state index in [0.29, 0.717) is 11.7 Å². The van der Waals surface area contributed by atoms with Crippen molar-refractivity contribution in [3.63, 3.8) is 0 Å². The summed E-state index contributed by atoms with van der Waals surface area (Å²) < 4.78 is 0. The summed E-state index contributed by atoms with van der Waals surface area (Å²) >= 11 is 0. The van der Waals surface area contributed by atoms with Crippen LogP contribution in [-0.2, 0) is 0 Å². The van der Waals surface area contributed by atoms with Crippen molar-refractivity contribution >= 4 is 11.6 Å². The molecule has 1 aliphatic rings. The van der Waals surface area contributed by atoms with Gasteiger partial charge >= 0.3 is 0 Å². The van der Waals surface area contributed by atoms with Crippen molar-refractivity contribution in [1.29, 1.82) is 0 Å². The molecule has 1 aromatic rings. The Morgan fingerprint density at radius 1 is 1.40 bits per heavy atom. The summed E-state index contributed by atoms with van der Waals surface area (Å²) in [7, 11) is 3.76. The average molecular weight is 275 g/mol. The lowest BCUT2D eigenvalue weighted by Gasteiger charge is -2.34. The number of hydrogen-bond acceptors (Lipinski definition) is 3. The van der Waals surface area contributed by atoms with Crippen molar-refractivity contribution in [2.24, 2.45) is 5.92 Å². The Balaban J connectivity index is 2.01. The molecule has 20 heavy (non-hydrogen) atoms. The highest BCUT2D eigenvalue weighted by molar-refractivity contribution is 5.93. The van der Waals surface area contributed by atoms with Gasteiger partial charge in [-0.3, -0.25) is 9.78 Å². The zero-order valence-electron chi connectivity index (χ0n) is 12.7. The number of aromatic nitrogens is 1. The minimum absolute atomic E-state index is 0.0297. The molecule has 1 saturated carbocycles. The maximum Gasteiger partial charge on any atom is 0.272 e. The number of rotatable bonds is 4. The molecule has 0 atom stereocenters. The van der Waals surface area contributed by atoms with Crippen LogP contribution in [0.2, 0.25) is 0 Å². The Morgan fingerprint density at radius 3 is 2.70 bits per heavy atom. The number of anilines is 1. The van der Waals surface area contributed by atoms with E-state index in [4.69, 9.17) is 0 Å². The number of hydrogen-bond donors (Lipinski definition) is 1. The van der Waals surface area contributed by atoms with Crippen molar-refractivity contribution in [2.75, 3.05) is 19.4 Å². The predicted molar refractivity (Wildman–Crippen MR) is 81.9 cm³/mol. The third kappa shape index (κ3) is 3.30. The van der Waals surface area contributed by atoms with Crippen LogP contribution in [-0.4, -0.2) is 35.9 Å². The Morgan fingerprint density at radius 2 is 2.10 bits per heavy atom. The fraction of sp³-hybridized carbons (Fsp3) is 0.625. The predicted octanol–water partition coefficient (Wildman–Crippen LogP) is 3.16. The van der Waals surface area contributed by atoms with Gasteiger partial charge in [-0.25, -0.2) is 0 Å². The van der Waals surface area contributed by atoms with Crippen molar-refractivity contribution in [1.82, 2.24) is 9.88 Å². The first-order valence-corrected chi connectivity index (χ1v) is 7.56. The third-order valence-electron chi connectivity index (χ3n) is 4.53. The van der Waals surface area contributed by atoms with E-state index in [1.807, 2.05) is 31.1 Å². The minimum Gasteiger partial charge on any atom is -0.388 e. The normalized spacial score (nSPS) is 22.4. The molecule has 1 fully saturated rings. The van der Waals surface area contributed by atoms with Crippen molar-refractivity contribution in [2.45, 2.75) is 45.1 Å². The smallest absolute Gasteiger partial charge is 0.272 e. The second-order valence-electron chi connectivity index (χ2n) is 5.68. The van der Waals surface area contributed by atoms with Gasteiger partial charge in [0, 0.05) is 32.0 Å². The maximum absolute atomic E-state index is 12.5. The summed E-state index contributed by atoms with van der Waals surface area (Å²) in [5.41, 5.74) is 1.45. The molecule has 0 saturated heterocycles. The molecule has 0 aromatic carbocycles. The van der Waals surface area contributed by atoms with Crippen LogP contribution >= 0.6 is 0 Å². The Bertz CT molecular complexity index is 453. The summed E-state index contributed by atoms with van der Waals surface area (Å²) in [5, 5.41) is 3.04. The van der Waals surface area contributed by atoms with E-state index >= 15 is 0 Å². The monoisotopic (exact) mass is 275 g/mol. The minimum atomic E-state index is 0.0297. The number of pyridine rings is 1. The molecule has 4 nitrogen and oxygen atoms in total. The third-order valence-corrected chi connectivity index (χ3v) is 4.53. The van der Waals surface area contributed by atoms with Crippen LogP contribution in [0, 0.1) is 5.92 Å². The summed E-state index contributed by atoms with van der Waals surface area (Å²) in [6.45, 7) is 2.26. The zero-order chi connectivity index (χ0) is 14.5. The van der Waals surface area contributed by atoms with Gasteiger partial charge in [0.1, 0.15) is 5.69 Å². The van der Waals surface area contributed by atoms with E-state index < -0.39 is 0 Å². The van der Waals surface area contributed by atoms with Crippen LogP contribution in [0.25, 0.3) is 0 Å². The molecule has 1 aromatic heterocycles. The number of carbonyl (C=O) groups is 1. The van der Waals surface area contributed by atoms with Gasteiger partial charge in [0.25, 0.3) is 5.91 Å². The van der Waals surface area contributed by atoms with Gasteiger partial charge in [-0.2, -0.15) is 0 Å². The standard InChI is InChI=1S/C16H25N3O/c1-4-12-5-7-14(8-6-12)19(3)16(20)15-11-13(17-2)9-10-18-15/h9-12,14H,4-8H2,1-3H3,(H,17,18). The second kappa shape index (κ2) is 6.73. The van der Waals surface area contributed by atoms with E-state index in [2.05, 4.69) is 17.2 Å². The van der Waals surface area contributed by atoms with Gasteiger partial charge in [-0.1, -0.05) is 13.3 Å². The molecule has 0 unspecified atom stereocenters. The van der Waals surface area contributed by atoms with E-state index in [1.54, 1.807) is 6.20 Å². The van der Waals surface area contributed by atoms with Gasteiger partial charge in [-0.05, 0) is 43.7 Å². The summed E-state index contributed by atoms with van der Waals surface area (Å²) in [4.78, 5) is 18.6. The Labute approximate surface area is 121 Å². The highest BCUT2D eigenvalue weighted by Gasteiger charge is 2.26. The first-order chi connectivity index (χ1) is 9.65. The molecular formula is C16H25N3O. The summed E-state index contributed by atoms with van der Waals surface area (Å²) in [6.07, 6.45) is 7.65. The highest BCUT2D eigenvalue weighted by atomic mass is 16.2. The average Bonchev–Trinajstić information content (AvgIpc) is 2.53. The van der Waals surface area contributed by atoms with Crippen LogP contribution < -0.4 is 5.32 Å². The summed E-state index contributed by atoms with van der Waals surface area (Å²) in [5.74, 6) is 0.877. The van der Waals surface area contributed by atoms with Crippen LogP contribution in [0.15, 0.2) is 18.3 Å². The molecule has 1 amide bonds. The first-order valence-electron chi connectivity index (χ1n) is 7.56. The van der Waals surface area contributed by atoms with Crippen molar-refractivity contribution in [3.05, 3.63) is 24.0 Å². The Kier molecular flexibility index (Phi) is 4.99. The molecule has 0 bridgehead atoms. The fourth-order valence-electron chi connectivity index (χ4n) is 2.99. The quantitative estimate of drug-likeness (QED) is 0.918. The number of carbonyl (C=O) groups excluding carboxylic acids is 1. The highest BCUT2D eigenvalue weighted by Crippen LogP contribution is 2.29. The molecule has 1 N–H and O–H groups in total. The van der Waals surface area contributed by atoms with Gasteiger partial charge < -0.3 is 10.2 Å². The zero-order valence-corrected chi connectivity index (χ0v) is 12.7. The molecule has 1 aliphatic carbocycles. The van der Waals surface area contributed by atoms with Gasteiger partial charge in [0.05, 0.1) is 0 Å². The first kappa shape index (κ1) is 14.8. The largest absolute Gasteiger partial charge is 0.388 e. The van der Waals surface area contributed by atoms with Crippen molar-refractivity contribution < 1.29 is 4.79 Å². The second-order valence-corrected chi connectivity index (χ2v) is 5.68. The van der Waals surface area contributed by atoms with Crippen LogP contribution in [0.1, 0.15) is 49.5 Å². The van der Waals surface area contributed by atoms with Crippen LogP contribution in [0.3, 0.4) is 0 Å². The lowest BCUT2D eigenvalue weighted by atomic mass is 9.84. The fourth-order valence-corrected chi connectivity index (χ4v) is 2.99. The van der Waals surface area contributed by atoms with Gasteiger partial charge in [-0.15, -0.1) is 0 Å². The number of nitrogens with zero attached hydrogens (tertiary/aromatic N) is 2. The number of amides is 1. The molecule has 1 heterocycles. The van der Waals surface area contributed by atoms with E-state index in [1.165, 1.54) is 19.3 Å². The lowest BCUT2D eigenvalue weighted by molar-refractivity contribution is 0.0669. The van der Waals surface area contributed by atoms with Gasteiger partial charge in [0.2, 0.25) is 0 Å². The molecule has 0 spiro atoms. The van der Waals surface area contributed by atoms with E-state index in [-0.39, 0.29) is 5.91 Å². The summed E-state index contributed by atoms with van der Waals surface area (Å²) in [6, 6.07) is 4.05. The van der Waals surface area contributed by atoms with Crippen LogP contribution in [0.4, 0.5) is 5.69 Å². The maximum atomic E-state index is 12.5. The van der Waals surface area contributed by atoms with Crippen LogP contribution in [0.5, 0.6) is 0 Å². The molecule has 0 aliphatic heterocycles. The number of nitrogens with one attached hydrogen (secondary N) is 1. The molecule has 2 rings (SSSR count). The molecule has 4 heteroatoms. The Hall–Kier alpha value is -1.58. The van der Waals surface area contributed by atoms with Gasteiger partial charge in [0.15, 0.2) is 0 Å². The molecular weight excluding hydrogens is 250 g/mol. The van der Waals surface area contributed by atoms with E-state index in [9.17, 15) is 4.79 Å². The molecule has 0 radical (unpaired) electrons.